The van der Waals surface area contributed by atoms with Gasteiger partial charge in [0.1, 0.15) is 0 Å². The van der Waals surface area contributed by atoms with Crippen LogP contribution < -0.4 is 11.1 Å². The van der Waals surface area contributed by atoms with E-state index in [2.05, 4.69) is 27.9 Å². The molecule has 3 N–H and O–H groups in total. The molecule has 0 aromatic heterocycles. The van der Waals surface area contributed by atoms with Gasteiger partial charge in [0.15, 0.2) is 0 Å². The van der Waals surface area contributed by atoms with Gasteiger partial charge >= 0.3 is 0 Å². The monoisotopic (exact) mass is 242 g/mol. The SMILES string of the molecule is CC(C)(I)NCC(N)=O. The molecule has 0 fully saturated rings. The topological polar surface area (TPSA) is 55.1 Å². The van der Waals surface area contributed by atoms with Gasteiger partial charge in [-0.05, 0) is 13.8 Å². The third-order valence-corrected chi connectivity index (χ3v) is 1.06. The lowest BCUT2D eigenvalue weighted by molar-refractivity contribution is -0.117. The summed E-state index contributed by atoms with van der Waals surface area (Å²) in [7, 11) is 0. The number of nitrogens with one attached hydrogen (secondary N) is 1. The summed E-state index contributed by atoms with van der Waals surface area (Å²) >= 11 is 2.19. The van der Waals surface area contributed by atoms with Gasteiger partial charge in [0.05, 0.1) is 10.1 Å². The van der Waals surface area contributed by atoms with Gasteiger partial charge in [-0.1, -0.05) is 22.6 Å². The van der Waals surface area contributed by atoms with Gasteiger partial charge in [-0.2, -0.15) is 0 Å². The predicted octanol–water partition coefficient (Wildman–Crippen LogP) is 0.232. The van der Waals surface area contributed by atoms with E-state index in [1.165, 1.54) is 0 Å². The Balaban J connectivity index is 3.39. The molecule has 0 aliphatic heterocycles. The molecule has 0 rings (SSSR count). The van der Waals surface area contributed by atoms with Crippen molar-refractivity contribution >= 4 is 28.5 Å². The minimum atomic E-state index is -0.320. The second-order valence-corrected chi connectivity index (χ2v) is 4.99. The average molecular weight is 242 g/mol. The number of hydrogen-bond acceptors (Lipinski definition) is 2. The van der Waals surface area contributed by atoms with Gasteiger partial charge in [0.25, 0.3) is 0 Å². The third kappa shape index (κ3) is 8.16. The Labute approximate surface area is 68.5 Å². The highest BCUT2D eigenvalue weighted by molar-refractivity contribution is 14.1. The molecule has 0 saturated heterocycles. The van der Waals surface area contributed by atoms with Crippen LogP contribution in [-0.4, -0.2) is 16.0 Å². The number of nitrogens with two attached hydrogens (primary N) is 1. The van der Waals surface area contributed by atoms with Crippen LogP contribution in [0.2, 0.25) is 0 Å². The highest BCUT2D eigenvalue weighted by atomic mass is 127. The summed E-state index contributed by atoms with van der Waals surface area (Å²) < 4.78 is -0.0488. The van der Waals surface area contributed by atoms with E-state index < -0.39 is 0 Å². The van der Waals surface area contributed by atoms with Crippen LogP contribution in [0, 0.1) is 0 Å². The Bertz CT molecular complexity index is 108. The summed E-state index contributed by atoms with van der Waals surface area (Å²) in [5.74, 6) is -0.320. The summed E-state index contributed by atoms with van der Waals surface area (Å²) in [5, 5.41) is 2.93. The highest BCUT2D eigenvalue weighted by Gasteiger charge is 2.10. The van der Waals surface area contributed by atoms with E-state index in [1.54, 1.807) is 0 Å². The van der Waals surface area contributed by atoms with Crippen LogP contribution in [0.5, 0.6) is 0 Å². The number of alkyl halides is 1. The fourth-order valence-electron chi connectivity index (χ4n) is 0.297. The molecule has 0 atom stereocenters. The smallest absolute Gasteiger partial charge is 0.231 e. The van der Waals surface area contributed by atoms with Crippen molar-refractivity contribution in [2.24, 2.45) is 5.73 Å². The van der Waals surface area contributed by atoms with Crippen LogP contribution in [0.3, 0.4) is 0 Å². The third-order valence-electron chi connectivity index (χ3n) is 0.683. The van der Waals surface area contributed by atoms with E-state index in [0.717, 1.165) is 0 Å². The first kappa shape index (κ1) is 9.16. The molecule has 0 aliphatic rings. The van der Waals surface area contributed by atoms with Crippen LogP contribution in [-0.2, 0) is 4.79 Å². The van der Waals surface area contributed by atoms with Crippen molar-refractivity contribution in [1.82, 2.24) is 5.32 Å². The van der Waals surface area contributed by atoms with Gasteiger partial charge in [0.2, 0.25) is 5.91 Å². The molecule has 0 spiro atoms. The van der Waals surface area contributed by atoms with Crippen molar-refractivity contribution < 1.29 is 4.79 Å². The lowest BCUT2D eigenvalue weighted by atomic mass is 10.4. The molecule has 3 nitrogen and oxygen atoms in total. The van der Waals surface area contributed by atoms with Gasteiger partial charge in [-0.25, -0.2) is 0 Å². The molecule has 0 aromatic rings. The van der Waals surface area contributed by atoms with Gasteiger partial charge in [-0.15, -0.1) is 0 Å². The predicted molar refractivity (Wildman–Crippen MR) is 45.3 cm³/mol. The molecule has 0 radical (unpaired) electrons. The van der Waals surface area contributed by atoms with Crippen LogP contribution >= 0.6 is 22.6 Å². The van der Waals surface area contributed by atoms with Crippen LogP contribution in [0.25, 0.3) is 0 Å². The first-order valence-electron chi connectivity index (χ1n) is 2.64. The first-order chi connectivity index (χ1) is 3.92. The molecule has 4 heteroatoms. The molecule has 0 bridgehead atoms. The zero-order chi connectivity index (χ0) is 7.49. The van der Waals surface area contributed by atoms with E-state index in [1.807, 2.05) is 13.8 Å². The zero-order valence-corrected chi connectivity index (χ0v) is 7.73. The molecular weight excluding hydrogens is 231 g/mol. The maximum absolute atomic E-state index is 10.2. The zero-order valence-electron chi connectivity index (χ0n) is 5.57. The lowest BCUT2D eigenvalue weighted by Gasteiger charge is -2.16. The van der Waals surface area contributed by atoms with Crippen LogP contribution in [0.1, 0.15) is 13.8 Å². The van der Waals surface area contributed by atoms with E-state index >= 15 is 0 Å². The Morgan fingerprint density at radius 2 is 2.22 bits per heavy atom. The number of rotatable bonds is 3. The summed E-state index contributed by atoms with van der Waals surface area (Å²) in [5.41, 5.74) is 4.89. The van der Waals surface area contributed by atoms with Gasteiger partial charge in [-0.3, -0.25) is 10.1 Å². The van der Waals surface area contributed by atoms with E-state index in [0.29, 0.717) is 0 Å². The van der Waals surface area contributed by atoms with Gasteiger partial charge < -0.3 is 5.73 Å². The van der Waals surface area contributed by atoms with E-state index in [-0.39, 0.29) is 16.0 Å². The number of amides is 1. The largest absolute Gasteiger partial charge is 0.369 e. The number of carbonyl (C=O) groups is 1. The fourth-order valence-corrected chi connectivity index (χ4v) is 0.488. The number of primary amides is 1. The fraction of sp³-hybridized carbons (Fsp3) is 0.800. The van der Waals surface area contributed by atoms with Crippen molar-refractivity contribution in [2.75, 3.05) is 6.54 Å². The molecule has 0 unspecified atom stereocenters. The number of halogens is 1. The second-order valence-electron chi connectivity index (χ2n) is 2.29. The maximum atomic E-state index is 10.2. The molecule has 0 aromatic carbocycles. The minimum absolute atomic E-state index is 0.0488. The van der Waals surface area contributed by atoms with Crippen molar-refractivity contribution in [3.05, 3.63) is 0 Å². The summed E-state index contributed by atoms with van der Waals surface area (Å²) in [4.78, 5) is 10.2. The molecule has 9 heavy (non-hydrogen) atoms. The molecule has 0 saturated carbocycles. The van der Waals surface area contributed by atoms with E-state index in [9.17, 15) is 4.79 Å². The average Bonchev–Trinajstić information content (AvgIpc) is 1.59. The Kier molecular flexibility index (Phi) is 3.42. The van der Waals surface area contributed by atoms with Gasteiger partial charge in [0, 0.05) is 0 Å². The first-order valence-corrected chi connectivity index (χ1v) is 3.72. The molecule has 0 aliphatic carbocycles. The molecular formula is C5H11IN2O. The summed E-state index contributed by atoms with van der Waals surface area (Å²) in [6.45, 7) is 4.18. The van der Waals surface area contributed by atoms with Crippen molar-refractivity contribution in [3.63, 3.8) is 0 Å². The van der Waals surface area contributed by atoms with Crippen molar-refractivity contribution in [1.29, 1.82) is 0 Å². The van der Waals surface area contributed by atoms with E-state index in [4.69, 9.17) is 5.73 Å². The van der Waals surface area contributed by atoms with Crippen molar-refractivity contribution in [2.45, 2.75) is 17.4 Å². The Morgan fingerprint density at radius 3 is 2.33 bits per heavy atom. The van der Waals surface area contributed by atoms with Crippen LogP contribution in [0.15, 0.2) is 0 Å². The lowest BCUT2D eigenvalue weighted by Crippen LogP contribution is -2.39. The van der Waals surface area contributed by atoms with Crippen LogP contribution in [0.4, 0.5) is 0 Å². The molecule has 0 heterocycles. The summed E-state index contributed by atoms with van der Waals surface area (Å²) in [6, 6.07) is 0. The normalized spacial score (nSPS) is 11.4. The number of hydrogen-bond donors (Lipinski definition) is 2. The summed E-state index contributed by atoms with van der Waals surface area (Å²) in [6.07, 6.45) is 0. The maximum Gasteiger partial charge on any atom is 0.231 e. The Morgan fingerprint density at radius 1 is 1.78 bits per heavy atom. The Hall–Kier alpha value is 0.160. The molecule has 54 valence electrons. The second kappa shape index (κ2) is 3.36. The number of carbonyl (C=O) groups excluding carboxylic acids is 1. The highest BCUT2D eigenvalue weighted by Crippen LogP contribution is 2.10. The standard InChI is InChI=1S/C5H11IN2O/c1-5(2,6)8-3-4(7)9/h8H,3H2,1-2H3,(H2,7,9). The van der Waals surface area contributed by atoms with Crippen molar-refractivity contribution in [3.8, 4) is 0 Å². The minimum Gasteiger partial charge on any atom is -0.369 e. The molecule has 1 amide bonds. The quantitative estimate of drug-likeness (QED) is 0.423.